The van der Waals surface area contributed by atoms with Crippen molar-refractivity contribution in [1.82, 2.24) is 0 Å². The maximum atomic E-state index is 12.1. The van der Waals surface area contributed by atoms with E-state index in [0.717, 1.165) is 0 Å². The fourth-order valence-corrected chi connectivity index (χ4v) is 2.25. The third kappa shape index (κ3) is 3.77. The van der Waals surface area contributed by atoms with Crippen LogP contribution in [0.3, 0.4) is 0 Å². The van der Waals surface area contributed by atoms with Crippen molar-refractivity contribution in [3.63, 3.8) is 0 Å². The Balaban J connectivity index is 2.35. The quantitative estimate of drug-likeness (QED) is 0.820. The van der Waals surface area contributed by atoms with Crippen molar-refractivity contribution in [2.75, 3.05) is 0 Å². The number of hydrogen-bond donors (Lipinski definition) is 1. The van der Waals surface area contributed by atoms with Gasteiger partial charge >= 0.3 is 6.18 Å². The summed E-state index contributed by atoms with van der Waals surface area (Å²) in [6, 6.07) is 0. The number of rotatable bonds is 3. The molecule has 2 nitrogen and oxygen atoms in total. The molecule has 0 aromatic carbocycles. The van der Waals surface area contributed by atoms with Crippen molar-refractivity contribution in [3.8, 4) is 0 Å². The van der Waals surface area contributed by atoms with E-state index in [1.165, 1.54) is 6.92 Å². The van der Waals surface area contributed by atoms with Crippen molar-refractivity contribution in [2.45, 2.75) is 51.3 Å². The van der Waals surface area contributed by atoms with Gasteiger partial charge in [-0.1, -0.05) is 0 Å². The van der Waals surface area contributed by atoms with Crippen LogP contribution in [0.2, 0.25) is 0 Å². The zero-order valence-electron chi connectivity index (χ0n) is 9.26. The number of carbonyl (C=O) groups excluding carboxylic acids is 1. The molecule has 1 rings (SSSR count). The van der Waals surface area contributed by atoms with Gasteiger partial charge < -0.3 is 5.11 Å². The minimum Gasteiger partial charge on any atom is -0.384 e. The molecule has 16 heavy (non-hydrogen) atoms. The van der Waals surface area contributed by atoms with Crippen molar-refractivity contribution in [3.05, 3.63) is 0 Å². The Bertz CT molecular complexity index is 242. The van der Waals surface area contributed by atoms with Crippen molar-refractivity contribution < 1.29 is 23.1 Å². The van der Waals surface area contributed by atoms with Crippen molar-refractivity contribution >= 4 is 5.78 Å². The highest BCUT2D eigenvalue weighted by atomic mass is 19.4. The van der Waals surface area contributed by atoms with Gasteiger partial charge in [-0.3, -0.25) is 4.79 Å². The SMILES string of the molecule is CC(=O)C1CCC(CC(O)C(F)(F)F)CC1. The maximum Gasteiger partial charge on any atom is 0.414 e. The Morgan fingerprint density at radius 3 is 2.19 bits per heavy atom. The number of hydrogen-bond acceptors (Lipinski definition) is 2. The number of aliphatic hydroxyl groups excluding tert-OH is 1. The molecule has 1 N–H and O–H groups in total. The predicted molar refractivity (Wildman–Crippen MR) is 52.8 cm³/mol. The third-order valence-corrected chi connectivity index (χ3v) is 3.36. The van der Waals surface area contributed by atoms with Gasteiger partial charge in [-0.25, -0.2) is 0 Å². The molecule has 0 spiro atoms. The van der Waals surface area contributed by atoms with Crippen LogP contribution in [0.1, 0.15) is 39.0 Å². The molecule has 0 heterocycles. The van der Waals surface area contributed by atoms with Crippen LogP contribution in [0.25, 0.3) is 0 Å². The Morgan fingerprint density at radius 2 is 1.81 bits per heavy atom. The van der Waals surface area contributed by atoms with E-state index < -0.39 is 12.3 Å². The maximum absolute atomic E-state index is 12.1. The molecule has 1 fully saturated rings. The van der Waals surface area contributed by atoms with Gasteiger partial charge in [0.05, 0.1) is 0 Å². The molecule has 94 valence electrons. The van der Waals surface area contributed by atoms with Crippen LogP contribution < -0.4 is 0 Å². The second kappa shape index (κ2) is 5.17. The molecular weight excluding hydrogens is 221 g/mol. The largest absolute Gasteiger partial charge is 0.414 e. The first kappa shape index (κ1) is 13.5. The number of ketones is 1. The summed E-state index contributed by atoms with van der Waals surface area (Å²) in [7, 11) is 0. The fourth-order valence-electron chi connectivity index (χ4n) is 2.25. The van der Waals surface area contributed by atoms with Gasteiger partial charge in [-0.15, -0.1) is 0 Å². The second-order valence-corrected chi connectivity index (χ2v) is 4.62. The summed E-state index contributed by atoms with van der Waals surface area (Å²) in [6.45, 7) is 1.52. The first-order valence-corrected chi connectivity index (χ1v) is 5.56. The molecule has 1 atom stereocenters. The summed E-state index contributed by atoms with van der Waals surface area (Å²) in [5.41, 5.74) is 0. The summed E-state index contributed by atoms with van der Waals surface area (Å²) >= 11 is 0. The molecule has 0 radical (unpaired) electrons. The molecule has 1 unspecified atom stereocenters. The lowest BCUT2D eigenvalue weighted by atomic mass is 9.78. The number of carbonyl (C=O) groups is 1. The molecule has 0 amide bonds. The molecular formula is C11H17F3O2. The van der Waals surface area contributed by atoms with E-state index in [9.17, 15) is 18.0 Å². The number of alkyl halides is 3. The lowest BCUT2D eigenvalue weighted by molar-refractivity contribution is -0.209. The molecule has 1 aliphatic carbocycles. The fraction of sp³-hybridized carbons (Fsp3) is 0.909. The number of Topliss-reactive ketones (excluding diaryl/α,β-unsaturated/α-hetero) is 1. The number of aliphatic hydroxyl groups is 1. The highest BCUT2D eigenvalue weighted by molar-refractivity contribution is 5.78. The topological polar surface area (TPSA) is 37.3 Å². The predicted octanol–water partition coefficient (Wildman–Crippen LogP) is 2.70. The van der Waals surface area contributed by atoms with Crippen LogP contribution in [0.5, 0.6) is 0 Å². The summed E-state index contributed by atoms with van der Waals surface area (Å²) in [4.78, 5) is 11.1. The van der Waals surface area contributed by atoms with Crippen LogP contribution in [-0.4, -0.2) is 23.2 Å². The van der Waals surface area contributed by atoms with E-state index in [4.69, 9.17) is 5.11 Å². The van der Waals surface area contributed by atoms with Crippen LogP contribution in [-0.2, 0) is 4.79 Å². The van der Waals surface area contributed by atoms with E-state index >= 15 is 0 Å². The highest BCUT2D eigenvalue weighted by Crippen LogP contribution is 2.34. The molecule has 0 aliphatic heterocycles. The second-order valence-electron chi connectivity index (χ2n) is 4.62. The van der Waals surface area contributed by atoms with E-state index in [1.807, 2.05) is 0 Å². The summed E-state index contributed by atoms with van der Waals surface area (Å²) in [5.74, 6) is 0.0290. The smallest absolute Gasteiger partial charge is 0.384 e. The first-order valence-electron chi connectivity index (χ1n) is 5.56. The Kier molecular flexibility index (Phi) is 4.35. The minimum absolute atomic E-state index is 0.0132. The molecule has 0 saturated heterocycles. The molecule has 0 aromatic heterocycles. The Morgan fingerprint density at radius 1 is 1.31 bits per heavy atom. The average Bonchev–Trinajstić information content (AvgIpc) is 2.17. The van der Waals surface area contributed by atoms with Crippen LogP contribution >= 0.6 is 0 Å². The van der Waals surface area contributed by atoms with Crippen molar-refractivity contribution in [2.24, 2.45) is 11.8 Å². The van der Waals surface area contributed by atoms with Gasteiger partial charge in [0.15, 0.2) is 0 Å². The molecule has 0 bridgehead atoms. The zero-order valence-corrected chi connectivity index (χ0v) is 9.26. The van der Waals surface area contributed by atoms with Gasteiger partial charge in [0.25, 0.3) is 0 Å². The number of halogens is 3. The Hall–Kier alpha value is -0.580. The van der Waals surface area contributed by atoms with Crippen LogP contribution in [0.15, 0.2) is 0 Å². The summed E-state index contributed by atoms with van der Waals surface area (Å²) in [6.07, 6.45) is -4.43. The summed E-state index contributed by atoms with van der Waals surface area (Å²) in [5, 5.41) is 8.92. The van der Waals surface area contributed by atoms with E-state index in [0.29, 0.717) is 25.7 Å². The van der Waals surface area contributed by atoms with Crippen LogP contribution in [0, 0.1) is 11.8 Å². The molecule has 5 heteroatoms. The van der Waals surface area contributed by atoms with Gasteiger partial charge in [0, 0.05) is 5.92 Å². The molecule has 0 aromatic rings. The average molecular weight is 238 g/mol. The monoisotopic (exact) mass is 238 g/mol. The van der Waals surface area contributed by atoms with Crippen LogP contribution in [0.4, 0.5) is 13.2 Å². The lowest BCUT2D eigenvalue weighted by Gasteiger charge is -2.28. The van der Waals surface area contributed by atoms with E-state index in [-0.39, 0.29) is 24.0 Å². The summed E-state index contributed by atoms with van der Waals surface area (Å²) < 4.78 is 36.3. The normalized spacial score (nSPS) is 28.8. The first-order chi connectivity index (χ1) is 7.30. The zero-order chi connectivity index (χ0) is 12.3. The molecule has 1 aliphatic rings. The van der Waals surface area contributed by atoms with Gasteiger partial charge in [-0.2, -0.15) is 13.2 Å². The van der Waals surface area contributed by atoms with E-state index in [2.05, 4.69) is 0 Å². The standard InChI is InChI=1S/C11H17F3O2/c1-7(15)9-4-2-8(3-5-9)6-10(16)11(12,13)14/h8-10,16H,2-6H2,1H3. The minimum atomic E-state index is -4.52. The molecule has 1 saturated carbocycles. The third-order valence-electron chi connectivity index (χ3n) is 3.36. The van der Waals surface area contributed by atoms with Gasteiger partial charge in [0.2, 0.25) is 0 Å². The van der Waals surface area contributed by atoms with E-state index in [1.54, 1.807) is 0 Å². The Labute approximate surface area is 92.8 Å². The van der Waals surface area contributed by atoms with Gasteiger partial charge in [-0.05, 0) is 44.9 Å². The van der Waals surface area contributed by atoms with Gasteiger partial charge in [0.1, 0.15) is 11.9 Å². The highest BCUT2D eigenvalue weighted by Gasteiger charge is 2.40. The van der Waals surface area contributed by atoms with Crippen molar-refractivity contribution in [1.29, 1.82) is 0 Å². The lowest BCUT2D eigenvalue weighted by Crippen LogP contribution is -2.32.